The molecule has 41 valence electrons. The summed E-state index contributed by atoms with van der Waals surface area (Å²) in [6, 6.07) is 0. The van der Waals surface area contributed by atoms with E-state index in [4.69, 9.17) is 0 Å². The Kier molecular flexibility index (Phi) is 1.32. The molecule has 0 fully saturated rings. The highest BCUT2D eigenvalue weighted by Gasteiger charge is 1.90. The summed E-state index contributed by atoms with van der Waals surface area (Å²) >= 11 is 0. The first-order valence-corrected chi connectivity index (χ1v) is 2.13. The van der Waals surface area contributed by atoms with Crippen molar-refractivity contribution in [2.24, 2.45) is 5.16 Å². The molecule has 0 aromatic carbocycles. The van der Waals surface area contributed by atoms with Crippen molar-refractivity contribution in [3.63, 3.8) is 0 Å². The second kappa shape index (κ2) is 2.16. The Hall–Kier alpha value is -1.25. The molecule has 0 amide bonds. The van der Waals surface area contributed by atoms with Crippen molar-refractivity contribution < 1.29 is 9.94 Å². The third-order valence-electron chi connectivity index (χ3n) is 0.632. The number of oxime groups is 1. The molecule has 1 rings (SSSR count). The van der Waals surface area contributed by atoms with Crippen LogP contribution in [0.2, 0.25) is 0 Å². The monoisotopic (exact) mass is 110 g/mol. The molecule has 0 saturated carbocycles. The van der Waals surface area contributed by atoms with Crippen LogP contribution in [0.3, 0.4) is 0 Å². The Morgan fingerprint density at radius 3 is 3.25 bits per heavy atom. The van der Waals surface area contributed by atoms with Crippen LogP contribution in [0.25, 0.3) is 0 Å². The van der Waals surface area contributed by atoms with Crippen LogP contribution in [-0.2, 0) is 9.94 Å². The van der Waals surface area contributed by atoms with E-state index in [0.29, 0.717) is 0 Å². The van der Waals surface area contributed by atoms with Gasteiger partial charge in [0, 0.05) is 6.08 Å². The largest absolute Gasteiger partial charge is 0.361 e. The summed E-state index contributed by atoms with van der Waals surface area (Å²) in [5.41, 5.74) is 0. The van der Waals surface area contributed by atoms with Gasteiger partial charge in [-0.3, -0.25) is 5.11 Å². The minimum absolute atomic E-state index is 0.366. The van der Waals surface area contributed by atoms with E-state index in [1.165, 1.54) is 12.3 Å². The number of hydrogen-bond acceptors (Lipinski definition) is 2. The maximum atomic E-state index is 10.3. The topological polar surface area (TPSA) is 41.5 Å². The van der Waals surface area contributed by atoms with Gasteiger partial charge in [-0.1, -0.05) is 6.08 Å². The van der Waals surface area contributed by atoms with Gasteiger partial charge in [-0.2, -0.15) is 0 Å². The van der Waals surface area contributed by atoms with Gasteiger partial charge in [0.05, 0.1) is 0 Å². The Balaban J connectivity index is 2.69. The molecule has 0 aromatic rings. The zero-order chi connectivity index (χ0) is 5.82. The predicted molar refractivity (Wildman–Crippen MR) is 27.5 cm³/mol. The fourth-order valence-corrected chi connectivity index (χ4v) is 0.331. The van der Waals surface area contributed by atoms with Gasteiger partial charge in [0.2, 0.25) is 0 Å². The van der Waals surface area contributed by atoms with Crippen LogP contribution in [0.5, 0.6) is 0 Å². The number of allylic oxidation sites excluding steroid dienone is 2. The molecule has 0 saturated heterocycles. The van der Waals surface area contributed by atoms with E-state index < -0.39 is 0 Å². The lowest BCUT2D eigenvalue weighted by molar-refractivity contribution is 0.250. The first-order valence-electron chi connectivity index (χ1n) is 2.13. The second-order valence-corrected chi connectivity index (χ2v) is 1.22. The van der Waals surface area contributed by atoms with Crippen molar-refractivity contribution >= 4 is 5.90 Å². The molecule has 3 heteroatoms. The van der Waals surface area contributed by atoms with Crippen LogP contribution in [0.1, 0.15) is 0 Å². The van der Waals surface area contributed by atoms with Crippen molar-refractivity contribution in [3.8, 4) is 0 Å². The van der Waals surface area contributed by atoms with Gasteiger partial charge in [0.1, 0.15) is 6.26 Å². The molecule has 0 aliphatic carbocycles. The fourth-order valence-electron chi connectivity index (χ4n) is 0.331. The highest BCUT2D eigenvalue weighted by Crippen LogP contribution is 1.89. The average Bonchev–Trinajstić information content (AvgIpc) is 1.94. The van der Waals surface area contributed by atoms with E-state index in [-0.39, 0.29) is 5.90 Å². The molecule has 1 heterocycles. The van der Waals surface area contributed by atoms with Gasteiger partial charge in [0.25, 0.3) is 0 Å². The molecular weight excluding hydrogens is 106 g/mol. The molecule has 0 spiro atoms. The molecule has 1 aliphatic rings. The van der Waals surface area contributed by atoms with Crippen molar-refractivity contribution in [1.82, 2.24) is 0 Å². The smallest absolute Gasteiger partial charge is 0.305 e. The lowest BCUT2D eigenvalue weighted by Crippen LogP contribution is -1.84. The van der Waals surface area contributed by atoms with Gasteiger partial charge in [-0.05, 0) is 11.2 Å². The van der Waals surface area contributed by atoms with Gasteiger partial charge >= 0.3 is 5.90 Å². The lowest BCUT2D eigenvalue weighted by atomic mass is 10.5. The fraction of sp³-hybridized carbons (Fsp3) is 0. The number of nitrogens with zero attached hydrogens (tertiary/aromatic N) is 1. The lowest BCUT2D eigenvalue weighted by Gasteiger charge is -1.80. The van der Waals surface area contributed by atoms with E-state index in [1.54, 1.807) is 12.2 Å². The highest BCUT2D eigenvalue weighted by atomic mass is 16.6. The summed E-state index contributed by atoms with van der Waals surface area (Å²) in [6.45, 7) is 0. The van der Waals surface area contributed by atoms with E-state index in [1.807, 2.05) is 0 Å². The van der Waals surface area contributed by atoms with Gasteiger partial charge < -0.3 is 4.84 Å². The SMILES string of the molecule is [O]C1=NOC=CC=C1. The third-order valence-corrected chi connectivity index (χ3v) is 0.632. The van der Waals surface area contributed by atoms with Crippen molar-refractivity contribution in [2.45, 2.75) is 0 Å². The summed E-state index contributed by atoms with van der Waals surface area (Å²) in [4.78, 5) is 4.34. The normalized spacial score (nSPS) is 16.8. The minimum Gasteiger partial charge on any atom is -0.361 e. The van der Waals surface area contributed by atoms with Crippen molar-refractivity contribution in [1.29, 1.82) is 0 Å². The molecule has 1 radical (unpaired) electrons. The van der Waals surface area contributed by atoms with E-state index in [9.17, 15) is 5.11 Å². The quantitative estimate of drug-likeness (QED) is 0.455. The Bertz CT molecular complexity index is 155. The number of rotatable bonds is 0. The molecule has 1 aliphatic heterocycles. The first-order chi connectivity index (χ1) is 3.89. The highest BCUT2D eigenvalue weighted by molar-refractivity contribution is 5.85. The first kappa shape index (κ1) is 4.90. The Labute approximate surface area is 46.6 Å². The maximum Gasteiger partial charge on any atom is 0.305 e. The minimum atomic E-state index is -0.366. The molecule has 0 N–H and O–H groups in total. The third kappa shape index (κ3) is 1.11. The van der Waals surface area contributed by atoms with Gasteiger partial charge in [-0.15, -0.1) is 0 Å². The second-order valence-electron chi connectivity index (χ2n) is 1.22. The molecule has 0 aromatic heterocycles. The summed E-state index contributed by atoms with van der Waals surface area (Å²) in [6.07, 6.45) is 5.82. The molecule has 3 nitrogen and oxygen atoms in total. The standard InChI is InChI=1S/C5H4NO2/c7-5-3-1-2-4-8-6-5/h1-4H. The van der Waals surface area contributed by atoms with Crippen LogP contribution in [0.15, 0.2) is 29.6 Å². The molecule has 0 bridgehead atoms. The molecule has 0 unspecified atom stereocenters. The van der Waals surface area contributed by atoms with E-state index >= 15 is 0 Å². The Morgan fingerprint density at radius 2 is 2.38 bits per heavy atom. The van der Waals surface area contributed by atoms with E-state index in [2.05, 4.69) is 9.99 Å². The van der Waals surface area contributed by atoms with Gasteiger partial charge in [0.15, 0.2) is 0 Å². The summed E-state index contributed by atoms with van der Waals surface area (Å²) in [5, 5.41) is 13.4. The van der Waals surface area contributed by atoms with Crippen LogP contribution in [0, 0.1) is 0 Å². The van der Waals surface area contributed by atoms with Crippen LogP contribution in [-0.4, -0.2) is 5.90 Å². The van der Waals surface area contributed by atoms with Crippen molar-refractivity contribution in [3.05, 3.63) is 24.5 Å². The van der Waals surface area contributed by atoms with E-state index in [0.717, 1.165) is 0 Å². The molecule has 8 heavy (non-hydrogen) atoms. The predicted octanol–water partition coefficient (Wildman–Crippen LogP) is 0.831. The van der Waals surface area contributed by atoms with Gasteiger partial charge in [-0.25, -0.2) is 0 Å². The van der Waals surface area contributed by atoms with Crippen LogP contribution >= 0.6 is 0 Å². The summed E-state index contributed by atoms with van der Waals surface area (Å²) in [5.74, 6) is -0.366. The molecular formula is C5H4NO2. The van der Waals surface area contributed by atoms with Crippen molar-refractivity contribution in [2.75, 3.05) is 0 Å². The summed E-state index contributed by atoms with van der Waals surface area (Å²) in [7, 11) is 0. The molecule has 0 atom stereocenters. The zero-order valence-electron chi connectivity index (χ0n) is 4.07. The average molecular weight is 110 g/mol. The Morgan fingerprint density at radius 1 is 1.50 bits per heavy atom. The van der Waals surface area contributed by atoms with Crippen LogP contribution < -0.4 is 0 Å². The summed E-state index contributed by atoms with van der Waals surface area (Å²) < 4.78 is 0. The van der Waals surface area contributed by atoms with Crippen LogP contribution in [0.4, 0.5) is 0 Å². The maximum absolute atomic E-state index is 10.3. The zero-order valence-corrected chi connectivity index (χ0v) is 4.07. The number of hydrogen-bond donors (Lipinski definition) is 0.